The Morgan fingerprint density at radius 3 is 2.60 bits per heavy atom. The molecule has 0 radical (unpaired) electrons. The third-order valence-corrected chi connectivity index (χ3v) is 8.02. The molecule has 1 aliphatic rings. The van der Waals surface area contributed by atoms with Crippen LogP contribution in [-0.2, 0) is 11.3 Å². The molecular weight excluding hydrogens is 594 g/mol. The van der Waals surface area contributed by atoms with Gasteiger partial charge in [-0.15, -0.1) is 0 Å². The molecule has 0 saturated carbocycles. The summed E-state index contributed by atoms with van der Waals surface area (Å²) >= 11 is 6.34. The average Bonchev–Trinajstić information content (AvgIpc) is 3.43. The second kappa shape index (κ2) is 13.4. The van der Waals surface area contributed by atoms with Gasteiger partial charge in [0.1, 0.15) is 30.3 Å². The number of amides is 2. The largest absolute Gasteiger partial charge is 0.491 e. The van der Waals surface area contributed by atoms with Crippen molar-refractivity contribution in [3.05, 3.63) is 124 Å². The van der Waals surface area contributed by atoms with Gasteiger partial charge in [0.15, 0.2) is 0 Å². The van der Waals surface area contributed by atoms with E-state index < -0.39 is 18.2 Å². The van der Waals surface area contributed by atoms with Crippen molar-refractivity contribution in [3.63, 3.8) is 0 Å². The van der Waals surface area contributed by atoms with Crippen molar-refractivity contribution in [1.29, 1.82) is 0 Å². The minimum Gasteiger partial charge on any atom is -0.491 e. The Morgan fingerprint density at radius 1 is 1.09 bits per heavy atom. The molecule has 0 aliphatic carbocycles. The number of nitrogens with one attached hydrogen (secondary N) is 2. The molecule has 3 aromatic carbocycles. The zero-order chi connectivity index (χ0) is 31.3. The monoisotopic (exact) mass is 625 g/mol. The van der Waals surface area contributed by atoms with Crippen molar-refractivity contribution < 1.29 is 23.9 Å². The Morgan fingerprint density at radius 2 is 1.87 bits per heavy atom. The van der Waals surface area contributed by atoms with E-state index in [0.29, 0.717) is 35.1 Å². The number of pyridine rings is 1. The van der Waals surface area contributed by atoms with Gasteiger partial charge in [-0.25, -0.2) is 10.7 Å². The highest BCUT2D eigenvalue weighted by Crippen LogP contribution is 2.40. The topological polar surface area (TPSA) is 132 Å². The van der Waals surface area contributed by atoms with Gasteiger partial charge in [-0.1, -0.05) is 41.4 Å². The van der Waals surface area contributed by atoms with Gasteiger partial charge in [-0.05, 0) is 79.1 Å². The number of aryl methyl sites for hydroxylation is 1. The first-order valence-electron chi connectivity index (χ1n) is 14.5. The number of carbonyl (C=O) groups excluding carboxylic acids is 2. The highest BCUT2D eigenvalue weighted by molar-refractivity contribution is 6.31. The predicted molar refractivity (Wildman–Crippen MR) is 170 cm³/mol. The number of hydrogen-bond donors (Lipinski definition) is 3. The fourth-order valence-electron chi connectivity index (χ4n) is 5.46. The number of ether oxygens (including phenoxy) is 2. The lowest BCUT2D eigenvalue weighted by molar-refractivity contribution is 0.0200. The number of aromatic nitrogens is 2. The first-order valence-corrected chi connectivity index (χ1v) is 14.9. The quantitative estimate of drug-likeness (QED) is 0.178. The van der Waals surface area contributed by atoms with Crippen LogP contribution in [0.4, 0.5) is 4.79 Å². The summed E-state index contributed by atoms with van der Waals surface area (Å²) in [6.45, 7) is 2.69. The molecule has 2 aromatic heterocycles. The number of nitrogens with zero attached hydrogens (tertiary/aromatic N) is 2. The Hall–Kier alpha value is -4.90. The van der Waals surface area contributed by atoms with Crippen molar-refractivity contribution in [2.45, 2.75) is 25.5 Å². The van der Waals surface area contributed by atoms with Gasteiger partial charge >= 0.3 is 6.09 Å². The van der Waals surface area contributed by atoms with Crippen molar-refractivity contribution >= 4 is 34.5 Å². The average molecular weight is 626 g/mol. The van der Waals surface area contributed by atoms with Gasteiger partial charge in [-0.3, -0.25) is 19.5 Å². The van der Waals surface area contributed by atoms with Crippen LogP contribution in [0.15, 0.2) is 91.3 Å². The summed E-state index contributed by atoms with van der Waals surface area (Å²) in [4.78, 5) is 40.2. The summed E-state index contributed by atoms with van der Waals surface area (Å²) in [6.07, 6.45) is 2.70. The Bertz CT molecular complexity index is 1790. The molecular formula is C34H32ClN5O5. The number of benzene rings is 3. The van der Waals surface area contributed by atoms with E-state index in [1.54, 1.807) is 35.4 Å². The maximum absolute atomic E-state index is 13.6. The zero-order valence-electron chi connectivity index (χ0n) is 24.5. The molecule has 6 rings (SSSR count). The van der Waals surface area contributed by atoms with E-state index in [2.05, 4.69) is 15.3 Å². The lowest BCUT2D eigenvalue weighted by Crippen LogP contribution is -2.42. The van der Waals surface area contributed by atoms with E-state index in [4.69, 9.17) is 31.8 Å². The van der Waals surface area contributed by atoms with E-state index in [0.717, 1.165) is 33.3 Å². The molecule has 5 aromatic rings. The molecule has 1 aliphatic heterocycles. The van der Waals surface area contributed by atoms with Gasteiger partial charge < -0.3 is 19.8 Å². The van der Waals surface area contributed by atoms with Crippen molar-refractivity contribution in [2.75, 3.05) is 19.7 Å². The van der Waals surface area contributed by atoms with E-state index in [1.807, 2.05) is 61.5 Å². The zero-order valence-corrected chi connectivity index (χ0v) is 25.3. The number of halogens is 1. The molecule has 3 heterocycles. The summed E-state index contributed by atoms with van der Waals surface area (Å²) in [5, 5.41) is 4.46. The SMILES string of the molecule is Cc1ccc(OC(=O)N2CCc3c([nH]c4ccc(Cl)cc34)C2c2ccc(OCC(CNC(=O)c3cccnc3)ON)cc2)cc1. The fourth-order valence-corrected chi connectivity index (χ4v) is 5.63. The fraction of sp³-hybridized carbons (Fsp3) is 0.206. The normalized spacial score (nSPS) is 14.9. The standard InChI is InChI=1S/C34H32ClN5O5/c1-21-4-9-26(10-5-21)44-34(42)40-16-14-28-29-17-24(35)8-13-30(29)39-31(28)32(40)22-6-11-25(12-7-22)43-20-27(45-36)19-38-33(41)23-3-2-15-37-18-23/h2-13,15,17-18,27,32,39H,14,16,19-20,36H2,1H3,(H,38,41). The minimum absolute atomic E-state index is 0.106. The molecule has 0 bridgehead atoms. The summed E-state index contributed by atoms with van der Waals surface area (Å²) in [7, 11) is 0. The number of fused-ring (bicyclic) bond motifs is 3. The van der Waals surface area contributed by atoms with Gasteiger partial charge in [0, 0.05) is 47.1 Å². The molecule has 10 nitrogen and oxygen atoms in total. The number of H-pyrrole nitrogens is 1. The van der Waals surface area contributed by atoms with Crippen LogP contribution < -0.4 is 20.7 Å². The van der Waals surface area contributed by atoms with E-state index in [-0.39, 0.29) is 19.1 Å². The first-order chi connectivity index (χ1) is 21.9. The maximum Gasteiger partial charge on any atom is 0.416 e. The summed E-state index contributed by atoms with van der Waals surface area (Å²) in [5.41, 5.74) is 5.37. The van der Waals surface area contributed by atoms with E-state index in [1.165, 1.54) is 6.20 Å². The van der Waals surface area contributed by atoms with E-state index in [9.17, 15) is 9.59 Å². The summed E-state index contributed by atoms with van der Waals surface area (Å²) in [6, 6.07) is 23.6. The van der Waals surface area contributed by atoms with Crippen LogP contribution in [-0.4, -0.2) is 52.7 Å². The van der Waals surface area contributed by atoms with Gasteiger partial charge in [-0.2, -0.15) is 0 Å². The van der Waals surface area contributed by atoms with Gasteiger partial charge in [0.05, 0.1) is 5.56 Å². The third kappa shape index (κ3) is 6.78. The van der Waals surface area contributed by atoms with Crippen molar-refractivity contribution in [2.24, 2.45) is 5.90 Å². The molecule has 0 fully saturated rings. The highest BCUT2D eigenvalue weighted by Gasteiger charge is 2.36. The third-order valence-electron chi connectivity index (χ3n) is 7.79. The smallest absolute Gasteiger partial charge is 0.416 e. The lowest BCUT2D eigenvalue weighted by Gasteiger charge is -2.35. The molecule has 2 unspecified atom stereocenters. The first kappa shape index (κ1) is 30.1. The number of rotatable bonds is 9. The Balaban J connectivity index is 1.20. The Kier molecular flexibility index (Phi) is 8.97. The number of aromatic amines is 1. The number of carbonyl (C=O) groups is 2. The maximum atomic E-state index is 13.6. The second-order valence-corrected chi connectivity index (χ2v) is 11.3. The molecule has 0 saturated heterocycles. The van der Waals surface area contributed by atoms with Crippen molar-refractivity contribution in [1.82, 2.24) is 20.2 Å². The molecule has 45 heavy (non-hydrogen) atoms. The molecule has 4 N–H and O–H groups in total. The Labute approximate surface area is 265 Å². The van der Waals surface area contributed by atoms with Crippen LogP contribution in [0.1, 0.15) is 38.8 Å². The van der Waals surface area contributed by atoms with Crippen LogP contribution in [0, 0.1) is 6.92 Å². The summed E-state index contributed by atoms with van der Waals surface area (Å²) in [5.74, 6) is 6.24. The number of hydrogen-bond acceptors (Lipinski definition) is 7. The highest BCUT2D eigenvalue weighted by atomic mass is 35.5. The van der Waals surface area contributed by atoms with Gasteiger partial charge in [0.2, 0.25) is 0 Å². The summed E-state index contributed by atoms with van der Waals surface area (Å²) < 4.78 is 11.7. The molecule has 2 amide bonds. The van der Waals surface area contributed by atoms with E-state index >= 15 is 0 Å². The lowest BCUT2D eigenvalue weighted by atomic mass is 9.92. The molecule has 0 spiro atoms. The second-order valence-electron chi connectivity index (χ2n) is 10.8. The molecule has 11 heteroatoms. The molecule has 2 atom stereocenters. The van der Waals surface area contributed by atoms with Crippen LogP contribution >= 0.6 is 11.6 Å². The predicted octanol–water partition coefficient (Wildman–Crippen LogP) is 5.74. The van der Waals surface area contributed by atoms with Crippen LogP contribution in [0.3, 0.4) is 0 Å². The van der Waals surface area contributed by atoms with Crippen LogP contribution in [0.5, 0.6) is 11.5 Å². The van der Waals surface area contributed by atoms with Crippen molar-refractivity contribution in [3.8, 4) is 11.5 Å². The minimum atomic E-state index is -0.587. The molecule has 230 valence electrons. The van der Waals surface area contributed by atoms with Gasteiger partial charge in [0.25, 0.3) is 5.91 Å². The number of nitrogens with two attached hydrogens (primary N) is 1. The van der Waals surface area contributed by atoms with Crippen LogP contribution in [0.25, 0.3) is 10.9 Å². The van der Waals surface area contributed by atoms with Crippen LogP contribution in [0.2, 0.25) is 5.02 Å².